The number of hydrogen-bond donors (Lipinski definition) is 1. The Morgan fingerprint density at radius 3 is 2.76 bits per heavy atom. The summed E-state index contributed by atoms with van der Waals surface area (Å²) in [5.41, 5.74) is 0.795. The van der Waals surface area contributed by atoms with Crippen molar-refractivity contribution in [1.82, 2.24) is 10.2 Å². The predicted octanol–water partition coefficient (Wildman–Crippen LogP) is 3.67. The van der Waals surface area contributed by atoms with Crippen molar-refractivity contribution < 1.29 is 4.39 Å². The normalized spacial score (nSPS) is 26.2. The van der Waals surface area contributed by atoms with Crippen LogP contribution in [0.25, 0.3) is 0 Å². The Bertz CT molecular complexity index is 435. The molecule has 1 aromatic rings. The highest BCUT2D eigenvalue weighted by molar-refractivity contribution is 5.17. The first-order valence-electron chi connectivity index (χ1n) is 8.25. The van der Waals surface area contributed by atoms with E-state index < -0.39 is 0 Å². The smallest absolute Gasteiger partial charge is 0.127 e. The summed E-state index contributed by atoms with van der Waals surface area (Å²) in [7, 11) is 2.11. The van der Waals surface area contributed by atoms with Gasteiger partial charge in [-0.25, -0.2) is 4.39 Å². The van der Waals surface area contributed by atoms with E-state index in [1.807, 2.05) is 12.1 Å². The molecule has 21 heavy (non-hydrogen) atoms. The van der Waals surface area contributed by atoms with Gasteiger partial charge in [-0.15, -0.1) is 0 Å². The van der Waals surface area contributed by atoms with E-state index >= 15 is 0 Å². The molecule has 1 saturated carbocycles. The van der Waals surface area contributed by atoms with Crippen LogP contribution in [0.15, 0.2) is 24.3 Å². The molecule has 2 nitrogen and oxygen atoms in total. The highest BCUT2D eigenvalue weighted by Crippen LogP contribution is 2.29. The number of nitrogens with one attached hydrogen (secondary N) is 1. The number of rotatable bonds is 6. The highest BCUT2D eigenvalue weighted by Gasteiger charge is 2.28. The largest absolute Gasteiger partial charge is 0.314 e. The van der Waals surface area contributed by atoms with Crippen LogP contribution in [0.3, 0.4) is 0 Å². The van der Waals surface area contributed by atoms with Crippen molar-refractivity contribution in [2.75, 3.05) is 20.1 Å². The van der Waals surface area contributed by atoms with Gasteiger partial charge in [0.2, 0.25) is 0 Å². The fourth-order valence-corrected chi connectivity index (χ4v) is 3.61. The molecular weight excluding hydrogens is 263 g/mol. The van der Waals surface area contributed by atoms with Crippen molar-refractivity contribution in [3.8, 4) is 0 Å². The van der Waals surface area contributed by atoms with Crippen LogP contribution >= 0.6 is 0 Å². The lowest BCUT2D eigenvalue weighted by atomic mass is 9.78. The van der Waals surface area contributed by atoms with Gasteiger partial charge >= 0.3 is 0 Å². The maximum Gasteiger partial charge on any atom is 0.127 e. The van der Waals surface area contributed by atoms with E-state index in [0.717, 1.165) is 24.6 Å². The molecule has 3 unspecified atom stereocenters. The topological polar surface area (TPSA) is 15.3 Å². The van der Waals surface area contributed by atoms with Crippen LogP contribution in [0.2, 0.25) is 0 Å². The van der Waals surface area contributed by atoms with Crippen molar-refractivity contribution in [1.29, 1.82) is 0 Å². The fourth-order valence-electron chi connectivity index (χ4n) is 3.61. The van der Waals surface area contributed by atoms with E-state index in [4.69, 9.17) is 0 Å². The third kappa shape index (κ3) is 4.79. The molecule has 0 spiro atoms. The lowest BCUT2D eigenvalue weighted by molar-refractivity contribution is 0.157. The molecule has 0 saturated heterocycles. The average molecular weight is 292 g/mol. The van der Waals surface area contributed by atoms with E-state index in [2.05, 4.69) is 31.1 Å². The summed E-state index contributed by atoms with van der Waals surface area (Å²) < 4.78 is 13.7. The molecule has 1 N–H and O–H groups in total. The summed E-state index contributed by atoms with van der Waals surface area (Å²) in [5.74, 6) is 1.39. The van der Waals surface area contributed by atoms with Crippen LogP contribution in [0.1, 0.15) is 38.7 Å². The van der Waals surface area contributed by atoms with Gasteiger partial charge in [0.15, 0.2) is 0 Å². The fraction of sp³-hybridized carbons (Fsp3) is 0.667. The van der Waals surface area contributed by atoms with Crippen LogP contribution in [0, 0.1) is 17.7 Å². The van der Waals surface area contributed by atoms with E-state index in [0.29, 0.717) is 18.5 Å². The number of hydrogen-bond acceptors (Lipinski definition) is 2. The molecule has 1 aromatic carbocycles. The van der Waals surface area contributed by atoms with Gasteiger partial charge in [-0.1, -0.05) is 32.0 Å². The van der Waals surface area contributed by atoms with Gasteiger partial charge in [-0.05, 0) is 50.8 Å². The van der Waals surface area contributed by atoms with Crippen LogP contribution in [0.5, 0.6) is 0 Å². The molecular formula is C18H29FN2. The molecule has 1 fully saturated rings. The van der Waals surface area contributed by atoms with Crippen molar-refractivity contribution >= 4 is 0 Å². The Kier molecular flexibility index (Phi) is 6.19. The minimum absolute atomic E-state index is 0.0930. The van der Waals surface area contributed by atoms with Crippen LogP contribution < -0.4 is 5.32 Å². The molecule has 0 aliphatic heterocycles. The second kappa shape index (κ2) is 7.90. The zero-order valence-corrected chi connectivity index (χ0v) is 13.6. The third-order valence-electron chi connectivity index (χ3n) is 4.66. The van der Waals surface area contributed by atoms with Crippen molar-refractivity contribution in [2.45, 2.75) is 45.7 Å². The summed E-state index contributed by atoms with van der Waals surface area (Å²) in [6.07, 6.45) is 3.87. The predicted molar refractivity (Wildman–Crippen MR) is 86.7 cm³/mol. The zero-order valence-electron chi connectivity index (χ0n) is 13.6. The SMILES string of the molecule is CCNC1CCC(C)CC1CN(C)Cc1ccccc1F. The van der Waals surface area contributed by atoms with Gasteiger partial charge in [0.1, 0.15) is 5.82 Å². The maximum atomic E-state index is 13.7. The van der Waals surface area contributed by atoms with E-state index in [1.54, 1.807) is 12.1 Å². The summed E-state index contributed by atoms with van der Waals surface area (Å²) in [5, 5.41) is 3.63. The first-order chi connectivity index (χ1) is 10.1. The number of benzene rings is 1. The van der Waals surface area contributed by atoms with Gasteiger partial charge in [-0.3, -0.25) is 0 Å². The van der Waals surface area contributed by atoms with Crippen molar-refractivity contribution in [2.24, 2.45) is 11.8 Å². The Morgan fingerprint density at radius 1 is 1.29 bits per heavy atom. The minimum Gasteiger partial charge on any atom is -0.314 e. The molecule has 0 bridgehead atoms. The minimum atomic E-state index is -0.0930. The van der Waals surface area contributed by atoms with Gasteiger partial charge in [0.25, 0.3) is 0 Å². The molecule has 0 aromatic heterocycles. The molecule has 2 rings (SSSR count). The van der Waals surface area contributed by atoms with Gasteiger partial charge in [0, 0.05) is 24.7 Å². The summed E-state index contributed by atoms with van der Waals surface area (Å²) in [4.78, 5) is 2.27. The van der Waals surface area contributed by atoms with Gasteiger partial charge < -0.3 is 10.2 Å². The summed E-state index contributed by atoms with van der Waals surface area (Å²) >= 11 is 0. The quantitative estimate of drug-likeness (QED) is 0.860. The van der Waals surface area contributed by atoms with Crippen molar-refractivity contribution in [3.05, 3.63) is 35.6 Å². The molecule has 1 aliphatic carbocycles. The second-order valence-corrected chi connectivity index (χ2v) is 6.63. The standard InChI is InChI=1S/C18H29FN2/c1-4-20-18-10-9-14(2)11-16(18)13-21(3)12-15-7-5-6-8-17(15)19/h5-8,14,16,18,20H,4,9-13H2,1-3H3. The highest BCUT2D eigenvalue weighted by atomic mass is 19.1. The van der Waals surface area contributed by atoms with E-state index in [1.165, 1.54) is 19.3 Å². The lowest BCUT2D eigenvalue weighted by Gasteiger charge is -2.37. The number of halogens is 1. The Hall–Kier alpha value is -0.930. The Labute approximate surface area is 128 Å². The second-order valence-electron chi connectivity index (χ2n) is 6.63. The first kappa shape index (κ1) is 16.4. The lowest BCUT2D eigenvalue weighted by Crippen LogP contribution is -2.44. The van der Waals surface area contributed by atoms with E-state index in [-0.39, 0.29) is 5.82 Å². The molecule has 118 valence electrons. The van der Waals surface area contributed by atoms with Gasteiger partial charge in [-0.2, -0.15) is 0 Å². The molecule has 0 radical (unpaired) electrons. The molecule has 3 atom stereocenters. The zero-order chi connectivity index (χ0) is 15.2. The molecule has 1 aliphatic rings. The van der Waals surface area contributed by atoms with E-state index in [9.17, 15) is 4.39 Å². The first-order valence-corrected chi connectivity index (χ1v) is 8.25. The Morgan fingerprint density at radius 2 is 2.05 bits per heavy atom. The third-order valence-corrected chi connectivity index (χ3v) is 4.66. The number of nitrogens with zero attached hydrogens (tertiary/aromatic N) is 1. The van der Waals surface area contributed by atoms with Crippen LogP contribution in [0.4, 0.5) is 4.39 Å². The summed E-state index contributed by atoms with van der Waals surface area (Å²) in [6, 6.07) is 7.72. The van der Waals surface area contributed by atoms with Crippen molar-refractivity contribution in [3.63, 3.8) is 0 Å². The maximum absolute atomic E-state index is 13.7. The molecule has 3 heteroatoms. The monoisotopic (exact) mass is 292 g/mol. The average Bonchev–Trinajstić information content (AvgIpc) is 2.44. The summed E-state index contributed by atoms with van der Waals surface area (Å²) in [6.45, 7) is 7.30. The molecule has 0 heterocycles. The molecule has 0 amide bonds. The van der Waals surface area contributed by atoms with Crippen LogP contribution in [-0.2, 0) is 6.54 Å². The Balaban J connectivity index is 1.93. The van der Waals surface area contributed by atoms with Crippen LogP contribution in [-0.4, -0.2) is 31.1 Å². The van der Waals surface area contributed by atoms with Gasteiger partial charge in [0.05, 0.1) is 0 Å².